The highest BCUT2D eigenvalue weighted by Gasteiger charge is 2.19. The number of esters is 3. The minimum Gasteiger partial charge on any atom is -0.462 e. The number of hydrogen-bond donors (Lipinski definition) is 0. The van der Waals surface area contributed by atoms with Gasteiger partial charge in [-0.05, 0) is 89.9 Å². The van der Waals surface area contributed by atoms with Crippen LogP contribution in [0, 0.1) is 0 Å². The van der Waals surface area contributed by atoms with Crippen LogP contribution in [-0.4, -0.2) is 37.2 Å². The molecule has 0 aliphatic carbocycles. The third-order valence-electron chi connectivity index (χ3n) is 12.4. The lowest BCUT2D eigenvalue weighted by Gasteiger charge is -2.18. The summed E-state index contributed by atoms with van der Waals surface area (Å²) in [6.07, 6.45) is 74.3. The number of allylic oxidation sites excluding steroid dienone is 14. The van der Waals surface area contributed by atoms with E-state index in [1.165, 1.54) is 103 Å². The van der Waals surface area contributed by atoms with Gasteiger partial charge in [-0.1, -0.05) is 254 Å². The molecule has 0 fully saturated rings. The van der Waals surface area contributed by atoms with Crippen LogP contribution in [0.25, 0.3) is 0 Å². The molecular formula is C63H108O6. The Bertz CT molecular complexity index is 1330. The van der Waals surface area contributed by atoms with Crippen molar-refractivity contribution in [2.45, 2.75) is 284 Å². The molecule has 6 nitrogen and oxygen atoms in total. The number of unbranched alkanes of at least 4 members (excludes halogenated alkanes) is 27. The molecule has 1 atom stereocenters. The average molecular weight is 962 g/mol. The Morgan fingerprint density at radius 2 is 0.565 bits per heavy atom. The fourth-order valence-electron chi connectivity index (χ4n) is 8.10. The Hall–Kier alpha value is -3.41. The van der Waals surface area contributed by atoms with Gasteiger partial charge >= 0.3 is 17.9 Å². The van der Waals surface area contributed by atoms with Crippen molar-refractivity contribution >= 4 is 17.9 Å². The second kappa shape index (κ2) is 57.2. The monoisotopic (exact) mass is 961 g/mol. The van der Waals surface area contributed by atoms with Crippen LogP contribution < -0.4 is 0 Å². The van der Waals surface area contributed by atoms with Gasteiger partial charge < -0.3 is 14.2 Å². The Morgan fingerprint density at radius 3 is 0.884 bits per heavy atom. The van der Waals surface area contributed by atoms with Crippen molar-refractivity contribution in [1.29, 1.82) is 0 Å². The Balaban J connectivity index is 4.42. The first kappa shape index (κ1) is 65.6. The average Bonchev–Trinajstić information content (AvgIpc) is 3.35. The van der Waals surface area contributed by atoms with Crippen LogP contribution >= 0.6 is 0 Å². The van der Waals surface area contributed by atoms with E-state index in [4.69, 9.17) is 14.2 Å². The van der Waals surface area contributed by atoms with Gasteiger partial charge in [-0.2, -0.15) is 0 Å². The normalized spacial score (nSPS) is 12.7. The maximum atomic E-state index is 12.9. The van der Waals surface area contributed by atoms with E-state index >= 15 is 0 Å². The molecule has 0 amide bonds. The lowest BCUT2D eigenvalue weighted by Crippen LogP contribution is -2.30. The molecule has 0 radical (unpaired) electrons. The van der Waals surface area contributed by atoms with Crippen LogP contribution in [0.2, 0.25) is 0 Å². The van der Waals surface area contributed by atoms with E-state index in [1.807, 2.05) is 0 Å². The zero-order valence-electron chi connectivity index (χ0n) is 45.3. The molecule has 1 unspecified atom stereocenters. The minimum atomic E-state index is -0.796. The van der Waals surface area contributed by atoms with Gasteiger partial charge in [0.15, 0.2) is 6.10 Å². The van der Waals surface area contributed by atoms with Crippen LogP contribution in [-0.2, 0) is 28.6 Å². The first-order valence-corrected chi connectivity index (χ1v) is 29.1. The highest BCUT2D eigenvalue weighted by molar-refractivity contribution is 5.71. The first-order chi connectivity index (χ1) is 34.0. The van der Waals surface area contributed by atoms with Crippen molar-refractivity contribution in [3.63, 3.8) is 0 Å². The number of carbonyl (C=O) groups is 3. The zero-order chi connectivity index (χ0) is 50.0. The summed E-state index contributed by atoms with van der Waals surface area (Å²) in [7, 11) is 0. The summed E-state index contributed by atoms with van der Waals surface area (Å²) in [4.78, 5) is 38.2. The quantitative estimate of drug-likeness (QED) is 0.0262. The van der Waals surface area contributed by atoms with Crippen molar-refractivity contribution in [1.82, 2.24) is 0 Å². The van der Waals surface area contributed by atoms with Crippen molar-refractivity contribution < 1.29 is 28.6 Å². The number of hydrogen-bond acceptors (Lipinski definition) is 6. The van der Waals surface area contributed by atoms with Gasteiger partial charge in [-0.3, -0.25) is 14.4 Å². The molecule has 396 valence electrons. The van der Waals surface area contributed by atoms with E-state index in [-0.39, 0.29) is 31.1 Å². The van der Waals surface area contributed by atoms with Crippen LogP contribution in [0.5, 0.6) is 0 Å². The Morgan fingerprint density at radius 1 is 0.304 bits per heavy atom. The van der Waals surface area contributed by atoms with Gasteiger partial charge in [0, 0.05) is 19.3 Å². The van der Waals surface area contributed by atoms with Crippen molar-refractivity contribution in [3.05, 3.63) is 85.1 Å². The molecule has 0 N–H and O–H groups in total. The smallest absolute Gasteiger partial charge is 0.306 e. The third kappa shape index (κ3) is 55.4. The molecular weight excluding hydrogens is 853 g/mol. The predicted octanol–water partition coefficient (Wildman–Crippen LogP) is 19.5. The highest BCUT2D eigenvalue weighted by Crippen LogP contribution is 2.16. The minimum absolute atomic E-state index is 0.0904. The molecule has 0 aliphatic rings. The van der Waals surface area contributed by atoms with E-state index in [0.717, 1.165) is 135 Å². The Labute approximate surface area is 426 Å². The summed E-state index contributed by atoms with van der Waals surface area (Å²) in [6, 6.07) is 0. The van der Waals surface area contributed by atoms with Gasteiger partial charge in [-0.15, -0.1) is 0 Å². The van der Waals surface area contributed by atoms with E-state index in [9.17, 15) is 14.4 Å². The molecule has 0 bridgehead atoms. The number of ether oxygens (including phenoxy) is 3. The molecule has 0 aliphatic heterocycles. The Kier molecular flexibility index (Phi) is 54.3. The summed E-state index contributed by atoms with van der Waals surface area (Å²) in [5.74, 6) is -0.924. The lowest BCUT2D eigenvalue weighted by molar-refractivity contribution is -0.167. The van der Waals surface area contributed by atoms with Gasteiger partial charge in [-0.25, -0.2) is 0 Å². The summed E-state index contributed by atoms with van der Waals surface area (Å²) >= 11 is 0. The van der Waals surface area contributed by atoms with Crippen molar-refractivity contribution in [3.8, 4) is 0 Å². The fraction of sp³-hybridized carbons (Fsp3) is 0.730. The largest absolute Gasteiger partial charge is 0.462 e. The molecule has 0 rings (SSSR count). The second-order valence-electron chi connectivity index (χ2n) is 19.1. The fourth-order valence-corrected chi connectivity index (χ4v) is 8.10. The zero-order valence-corrected chi connectivity index (χ0v) is 45.3. The molecule has 0 aromatic heterocycles. The maximum absolute atomic E-state index is 12.9. The summed E-state index contributed by atoms with van der Waals surface area (Å²) < 4.78 is 16.9. The third-order valence-corrected chi connectivity index (χ3v) is 12.4. The second-order valence-corrected chi connectivity index (χ2v) is 19.1. The van der Waals surface area contributed by atoms with Gasteiger partial charge in [0.05, 0.1) is 0 Å². The lowest BCUT2D eigenvalue weighted by atomic mass is 10.0. The summed E-state index contributed by atoms with van der Waals surface area (Å²) in [6.45, 7) is 6.40. The predicted molar refractivity (Wildman–Crippen MR) is 297 cm³/mol. The van der Waals surface area contributed by atoms with Gasteiger partial charge in [0.1, 0.15) is 13.2 Å². The topological polar surface area (TPSA) is 78.9 Å². The van der Waals surface area contributed by atoms with Crippen LogP contribution in [0.4, 0.5) is 0 Å². The standard InChI is InChI=1S/C63H108O6/c1-4-7-10-13-16-19-22-25-28-30-31-33-35-38-41-44-47-50-53-56-62(65)68-59-60(58-67-61(64)55-52-49-46-43-40-37-34-27-24-21-18-15-12-9-6-3)69-63(66)57-54-51-48-45-42-39-36-32-29-26-23-20-17-14-11-8-5-2/h8-9,11-12,17-18,20-21,26-27,29,34,36,39,60H,4-7,10,13-16,19,22-25,28,30-33,35,37-38,40-59H2,1-3H3/b11-8-,12-9-,20-17-,21-18-,29-26-,34-27-,39-36-. The van der Waals surface area contributed by atoms with Crippen LogP contribution in [0.3, 0.4) is 0 Å². The van der Waals surface area contributed by atoms with Crippen LogP contribution in [0.1, 0.15) is 278 Å². The van der Waals surface area contributed by atoms with E-state index in [0.29, 0.717) is 19.3 Å². The number of rotatable bonds is 52. The highest BCUT2D eigenvalue weighted by atomic mass is 16.6. The molecule has 6 heteroatoms. The number of carbonyl (C=O) groups excluding carboxylic acids is 3. The molecule has 0 aromatic carbocycles. The summed E-state index contributed by atoms with van der Waals surface area (Å²) in [5.41, 5.74) is 0. The molecule has 0 saturated heterocycles. The molecule has 0 heterocycles. The van der Waals surface area contributed by atoms with E-state index in [2.05, 4.69) is 106 Å². The maximum Gasteiger partial charge on any atom is 0.306 e. The molecule has 69 heavy (non-hydrogen) atoms. The van der Waals surface area contributed by atoms with E-state index in [1.54, 1.807) is 0 Å². The SMILES string of the molecule is CC/C=C\C/C=C\C/C=C\C/C=C\CCCCCCC(=O)OC(COC(=O)CCCCCCC/C=C\C/C=C\C/C=C\CC)COC(=O)CCCCCCCCCCCCCCCCCCCCC. The first-order valence-electron chi connectivity index (χ1n) is 29.1. The summed E-state index contributed by atoms with van der Waals surface area (Å²) in [5, 5.41) is 0. The van der Waals surface area contributed by atoms with Crippen molar-refractivity contribution in [2.24, 2.45) is 0 Å². The molecule has 0 aromatic rings. The van der Waals surface area contributed by atoms with Gasteiger partial charge in [0.25, 0.3) is 0 Å². The molecule has 0 saturated carbocycles. The van der Waals surface area contributed by atoms with Gasteiger partial charge in [0.2, 0.25) is 0 Å². The molecule has 0 spiro atoms. The van der Waals surface area contributed by atoms with Crippen LogP contribution in [0.15, 0.2) is 85.1 Å². The van der Waals surface area contributed by atoms with E-state index < -0.39 is 6.10 Å². The van der Waals surface area contributed by atoms with Crippen molar-refractivity contribution in [2.75, 3.05) is 13.2 Å².